The van der Waals surface area contributed by atoms with E-state index in [9.17, 15) is 18.0 Å². The number of carbonyl (C=O) groups is 2. The van der Waals surface area contributed by atoms with Crippen LogP contribution in [0.5, 0.6) is 0 Å². The Balaban J connectivity index is 1.34. The summed E-state index contributed by atoms with van der Waals surface area (Å²) in [5.41, 5.74) is 0.892. The van der Waals surface area contributed by atoms with E-state index in [-0.39, 0.29) is 43.1 Å². The van der Waals surface area contributed by atoms with Crippen LogP contribution in [0.25, 0.3) is 0 Å². The van der Waals surface area contributed by atoms with Crippen LogP contribution in [0.15, 0.2) is 65.6 Å². The normalized spacial score (nSPS) is 21.9. The summed E-state index contributed by atoms with van der Waals surface area (Å²) in [6, 6.07) is 17.5. The monoisotopic (exact) mass is 591 g/mol. The van der Waals surface area contributed by atoms with E-state index < -0.39 is 38.3 Å². The SMILES string of the molecule is CS(C)(C)CCOC(=O)NC1CC1CC[C@H]1CN(C(=O)OCc2ccccc2)CCN1S(=O)(=O)c1ccccc1. The van der Waals surface area contributed by atoms with Gasteiger partial charge >= 0.3 is 12.2 Å². The maximum Gasteiger partial charge on any atom is 0.410 e. The molecule has 1 aliphatic carbocycles. The van der Waals surface area contributed by atoms with Crippen LogP contribution in [0.3, 0.4) is 0 Å². The first-order valence-electron chi connectivity index (χ1n) is 13.6. The number of benzene rings is 2. The lowest BCUT2D eigenvalue weighted by molar-refractivity contribution is 0.0682. The van der Waals surface area contributed by atoms with Gasteiger partial charge in [-0.05, 0) is 61.6 Å². The van der Waals surface area contributed by atoms with Gasteiger partial charge in [0.2, 0.25) is 10.0 Å². The Kier molecular flexibility index (Phi) is 10.0. The fourth-order valence-corrected chi connectivity index (χ4v) is 7.06. The first-order valence-corrected chi connectivity index (χ1v) is 18.1. The average Bonchev–Trinajstić information content (AvgIpc) is 3.68. The molecule has 1 N–H and O–H groups in total. The van der Waals surface area contributed by atoms with E-state index in [0.717, 1.165) is 24.2 Å². The summed E-state index contributed by atoms with van der Waals surface area (Å²) >= 11 is 0. The second-order valence-electron chi connectivity index (χ2n) is 11.3. The van der Waals surface area contributed by atoms with Gasteiger partial charge in [-0.15, -0.1) is 0 Å². The Labute approximate surface area is 239 Å². The number of alkyl carbamates (subject to hydrolysis) is 1. The first-order chi connectivity index (χ1) is 19.0. The number of piperazine rings is 1. The number of ether oxygens (including phenoxy) is 2. The molecule has 0 radical (unpaired) electrons. The zero-order valence-corrected chi connectivity index (χ0v) is 25.2. The maximum absolute atomic E-state index is 13.5. The molecular formula is C29H41N3O6S2. The minimum atomic E-state index is -3.73. The molecule has 2 aliphatic rings. The van der Waals surface area contributed by atoms with Crippen molar-refractivity contribution in [3.8, 4) is 0 Å². The third kappa shape index (κ3) is 8.62. The molecule has 2 aromatic rings. The van der Waals surface area contributed by atoms with E-state index >= 15 is 0 Å². The van der Waals surface area contributed by atoms with Gasteiger partial charge in [0, 0.05) is 37.5 Å². The van der Waals surface area contributed by atoms with Crippen molar-refractivity contribution in [2.75, 3.05) is 50.8 Å². The highest BCUT2D eigenvalue weighted by Crippen LogP contribution is 2.37. The number of amides is 2. The zero-order chi connectivity index (χ0) is 28.8. The van der Waals surface area contributed by atoms with Crippen molar-refractivity contribution in [3.63, 3.8) is 0 Å². The number of carbonyl (C=O) groups excluding carboxylic acids is 2. The molecule has 2 unspecified atom stereocenters. The van der Waals surface area contributed by atoms with Crippen LogP contribution in [0.4, 0.5) is 9.59 Å². The van der Waals surface area contributed by atoms with Crippen molar-refractivity contribution in [1.82, 2.24) is 14.5 Å². The number of sulfonamides is 1. The van der Waals surface area contributed by atoms with E-state index in [4.69, 9.17) is 9.47 Å². The molecule has 0 aromatic heterocycles. The van der Waals surface area contributed by atoms with Crippen LogP contribution >= 0.6 is 10.0 Å². The standard InChI is InChI=1S/C29H41N3O6S2/c1-39(2,3)19-18-37-28(33)30-27-20-24(27)14-15-25-21-31(29(34)38-22-23-10-6-4-7-11-23)16-17-32(25)40(35,36)26-12-8-5-9-13-26/h4-13,24-25,27H,14-22H2,1-3H3,(H,30,33)/t24?,25-,27?/m0/s1. The van der Waals surface area contributed by atoms with E-state index in [1.165, 1.54) is 4.31 Å². The minimum absolute atomic E-state index is 0.0317. The second-order valence-corrected chi connectivity index (χ2v) is 17.8. The van der Waals surface area contributed by atoms with Gasteiger partial charge in [-0.3, -0.25) is 0 Å². The summed E-state index contributed by atoms with van der Waals surface area (Å²) in [5, 5.41) is 2.94. The van der Waals surface area contributed by atoms with E-state index in [0.29, 0.717) is 13.0 Å². The third-order valence-electron chi connectivity index (χ3n) is 7.27. The molecular weight excluding hydrogens is 550 g/mol. The molecule has 40 heavy (non-hydrogen) atoms. The van der Waals surface area contributed by atoms with Crippen molar-refractivity contribution in [3.05, 3.63) is 66.2 Å². The highest BCUT2D eigenvalue weighted by molar-refractivity contribution is 8.32. The first kappa shape index (κ1) is 30.2. The van der Waals surface area contributed by atoms with Gasteiger partial charge in [0.1, 0.15) is 13.2 Å². The van der Waals surface area contributed by atoms with Crippen LogP contribution in [0, 0.1) is 5.92 Å². The third-order valence-corrected chi connectivity index (χ3v) is 10.6. The fraction of sp³-hybridized carbons (Fsp3) is 0.517. The lowest BCUT2D eigenvalue weighted by Crippen LogP contribution is -2.56. The smallest absolute Gasteiger partial charge is 0.410 e. The van der Waals surface area contributed by atoms with Crippen LogP contribution in [0.2, 0.25) is 0 Å². The Morgan fingerprint density at radius 1 is 0.925 bits per heavy atom. The van der Waals surface area contributed by atoms with Gasteiger partial charge in [-0.2, -0.15) is 4.31 Å². The predicted octanol–water partition coefficient (Wildman–Crippen LogP) is 4.29. The predicted molar refractivity (Wildman–Crippen MR) is 158 cm³/mol. The van der Waals surface area contributed by atoms with Gasteiger partial charge in [0.25, 0.3) is 0 Å². The van der Waals surface area contributed by atoms with Crippen LogP contribution in [-0.4, -0.2) is 92.7 Å². The van der Waals surface area contributed by atoms with Crippen LogP contribution < -0.4 is 5.32 Å². The molecule has 4 rings (SSSR count). The zero-order valence-electron chi connectivity index (χ0n) is 23.5. The minimum Gasteiger partial charge on any atom is -0.449 e. The summed E-state index contributed by atoms with van der Waals surface area (Å²) < 4.78 is 39.5. The molecule has 0 bridgehead atoms. The molecule has 3 atom stereocenters. The van der Waals surface area contributed by atoms with E-state index in [1.54, 1.807) is 35.2 Å². The van der Waals surface area contributed by atoms with Crippen molar-refractivity contribution in [2.45, 2.75) is 42.8 Å². The highest BCUT2D eigenvalue weighted by atomic mass is 32.3. The molecule has 1 saturated carbocycles. The number of nitrogens with zero attached hydrogens (tertiary/aromatic N) is 2. The fourth-order valence-electron chi connectivity index (χ4n) is 4.82. The molecule has 2 amide bonds. The summed E-state index contributed by atoms with van der Waals surface area (Å²) in [6.45, 7) is 1.27. The molecule has 11 heteroatoms. The molecule has 9 nitrogen and oxygen atoms in total. The molecule has 1 aliphatic heterocycles. The summed E-state index contributed by atoms with van der Waals surface area (Å²) in [7, 11) is -4.46. The summed E-state index contributed by atoms with van der Waals surface area (Å²) in [5.74, 6) is 1.12. The second kappa shape index (κ2) is 13.3. The molecule has 2 fully saturated rings. The Morgan fingerprint density at radius 3 is 2.27 bits per heavy atom. The van der Waals surface area contributed by atoms with Gasteiger partial charge in [0.15, 0.2) is 0 Å². The Hall–Kier alpha value is -2.76. The molecule has 220 valence electrons. The van der Waals surface area contributed by atoms with Crippen molar-refractivity contribution in [2.24, 2.45) is 5.92 Å². The topological polar surface area (TPSA) is 105 Å². The maximum atomic E-state index is 13.5. The quantitative estimate of drug-likeness (QED) is 0.418. The average molecular weight is 592 g/mol. The van der Waals surface area contributed by atoms with Crippen LogP contribution in [0.1, 0.15) is 24.8 Å². The lowest BCUT2D eigenvalue weighted by atomic mass is 10.1. The van der Waals surface area contributed by atoms with Crippen molar-refractivity contribution in [1.29, 1.82) is 0 Å². The number of nitrogens with one attached hydrogen (secondary N) is 1. The molecule has 1 saturated heterocycles. The van der Waals surface area contributed by atoms with Gasteiger partial charge in [-0.25, -0.2) is 28.0 Å². The molecule has 0 spiro atoms. The summed E-state index contributed by atoms with van der Waals surface area (Å²) in [6.07, 6.45) is 7.84. The van der Waals surface area contributed by atoms with E-state index in [1.807, 2.05) is 30.3 Å². The van der Waals surface area contributed by atoms with Crippen molar-refractivity contribution >= 4 is 32.2 Å². The Bertz CT molecular complexity index is 1240. The number of rotatable bonds is 11. The molecule has 1 heterocycles. The van der Waals surface area contributed by atoms with Gasteiger partial charge < -0.3 is 19.7 Å². The number of hydrogen-bond acceptors (Lipinski definition) is 6. The van der Waals surface area contributed by atoms with Crippen LogP contribution in [-0.2, 0) is 26.1 Å². The van der Waals surface area contributed by atoms with Crippen molar-refractivity contribution < 1.29 is 27.5 Å². The van der Waals surface area contributed by atoms with Gasteiger partial charge in [-0.1, -0.05) is 48.5 Å². The number of hydrogen-bond donors (Lipinski definition) is 1. The highest BCUT2D eigenvalue weighted by Gasteiger charge is 2.42. The Morgan fingerprint density at radius 2 is 1.60 bits per heavy atom. The molecule has 2 aromatic carbocycles. The van der Waals surface area contributed by atoms with E-state index in [2.05, 4.69) is 24.1 Å². The largest absolute Gasteiger partial charge is 0.449 e. The summed E-state index contributed by atoms with van der Waals surface area (Å²) in [4.78, 5) is 26.9. The lowest BCUT2D eigenvalue weighted by Gasteiger charge is -2.40. The van der Waals surface area contributed by atoms with Gasteiger partial charge in [0.05, 0.1) is 4.90 Å².